The second kappa shape index (κ2) is 4.47. The third-order valence-electron chi connectivity index (χ3n) is 5.94. The van der Waals surface area contributed by atoms with Gasteiger partial charge >= 0.3 is 0 Å². The zero-order valence-corrected chi connectivity index (χ0v) is 13.8. The zero-order chi connectivity index (χ0) is 16.6. The molecule has 0 bridgehead atoms. The summed E-state index contributed by atoms with van der Waals surface area (Å²) in [6.07, 6.45) is 4.45. The fraction of sp³-hybridized carbons (Fsp3) is 0.300. The predicted octanol–water partition coefficient (Wildman–Crippen LogP) is 3.93. The number of nitrogens with zero attached hydrogens (tertiary/aromatic N) is 3. The first kappa shape index (κ1) is 13.8. The Morgan fingerprint density at radius 1 is 1.25 bits per heavy atom. The third-order valence-corrected chi connectivity index (χ3v) is 5.94. The summed E-state index contributed by atoms with van der Waals surface area (Å²) in [5.74, 6) is 3.01. The van der Waals surface area contributed by atoms with Crippen molar-refractivity contribution in [1.82, 2.24) is 14.8 Å². The van der Waals surface area contributed by atoms with Crippen LogP contribution in [-0.2, 0) is 7.05 Å². The molecule has 0 aliphatic heterocycles. The number of hydrogen-bond acceptors (Lipinski definition) is 3. The van der Waals surface area contributed by atoms with Gasteiger partial charge < -0.3 is 5.73 Å². The number of hydrogen-bond donors (Lipinski definition) is 1. The number of anilines is 1. The smallest absolute Gasteiger partial charge is 0.135 e. The van der Waals surface area contributed by atoms with Crippen molar-refractivity contribution in [3.63, 3.8) is 0 Å². The molecule has 4 heteroatoms. The van der Waals surface area contributed by atoms with Crippen molar-refractivity contribution in [1.29, 1.82) is 0 Å². The maximum absolute atomic E-state index is 6.07. The molecule has 0 spiro atoms. The van der Waals surface area contributed by atoms with Gasteiger partial charge in [-0.2, -0.15) is 5.10 Å². The molecule has 5 rings (SSSR count). The van der Waals surface area contributed by atoms with Gasteiger partial charge in [0, 0.05) is 12.4 Å². The number of fused-ring (bicyclic) bond motifs is 4. The van der Waals surface area contributed by atoms with E-state index in [-0.39, 0.29) is 0 Å². The molecule has 0 saturated heterocycles. The molecule has 4 nitrogen and oxygen atoms in total. The largest absolute Gasteiger partial charge is 0.383 e. The molecule has 2 heterocycles. The zero-order valence-electron chi connectivity index (χ0n) is 13.8. The number of pyridine rings is 1. The van der Waals surface area contributed by atoms with E-state index < -0.39 is 0 Å². The van der Waals surface area contributed by atoms with Crippen LogP contribution >= 0.6 is 0 Å². The molecule has 3 aromatic rings. The number of aryl methyl sites for hydroxylation is 1. The van der Waals surface area contributed by atoms with Crippen LogP contribution < -0.4 is 5.73 Å². The maximum atomic E-state index is 6.07. The van der Waals surface area contributed by atoms with Crippen molar-refractivity contribution in [2.75, 3.05) is 5.73 Å². The number of aromatic nitrogens is 3. The lowest BCUT2D eigenvalue weighted by Gasteiger charge is -2.28. The summed E-state index contributed by atoms with van der Waals surface area (Å²) >= 11 is 0. The molecule has 120 valence electrons. The van der Waals surface area contributed by atoms with Crippen LogP contribution in [0.25, 0.3) is 27.4 Å². The van der Waals surface area contributed by atoms with E-state index in [1.54, 1.807) is 6.20 Å². The number of nitrogens with two attached hydrogens (primary N) is 1. The van der Waals surface area contributed by atoms with Gasteiger partial charge in [0.25, 0.3) is 0 Å². The number of rotatable bonds is 3. The molecule has 24 heavy (non-hydrogen) atoms. The van der Waals surface area contributed by atoms with Crippen LogP contribution in [0.1, 0.15) is 18.4 Å². The topological polar surface area (TPSA) is 56.7 Å². The summed E-state index contributed by atoms with van der Waals surface area (Å²) in [6, 6.07) is 6.25. The van der Waals surface area contributed by atoms with Crippen LogP contribution in [0.4, 0.5) is 5.82 Å². The van der Waals surface area contributed by atoms with Gasteiger partial charge in [-0.25, -0.2) is 4.98 Å². The highest BCUT2D eigenvalue weighted by atomic mass is 15.3. The van der Waals surface area contributed by atoms with Gasteiger partial charge in [0.05, 0.1) is 22.6 Å². The quantitative estimate of drug-likeness (QED) is 0.745. The highest BCUT2D eigenvalue weighted by Gasteiger charge is 2.54. The highest BCUT2D eigenvalue weighted by molar-refractivity contribution is 6.08. The molecule has 3 unspecified atom stereocenters. The lowest BCUT2D eigenvalue weighted by atomic mass is 9.76. The van der Waals surface area contributed by atoms with E-state index in [0.717, 1.165) is 44.8 Å². The second-order valence-electron chi connectivity index (χ2n) is 7.27. The fourth-order valence-electron chi connectivity index (χ4n) is 4.30. The number of benzene rings is 1. The lowest BCUT2D eigenvalue weighted by Crippen LogP contribution is -2.18. The van der Waals surface area contributed by atoms with Crippen LogP contribution in [0.5, 0.6) is 0 Å². The van der Waals surface area contributed by atoms with Crippen LogP contribution in [0.3, 0.4) is 0 Å². The molecule has 0 amide bonds. The Hall–Kier alpha value is -2.62. The Labute approximate surface area is 140 Å². The summed E-state index contributed by atoms with van der Waals surface area (Å²) in [6.45, 7) is 8.67. The number of nitrogen functional groups attached to an aromatic ring is 1. The minimum atomic E-state index is 0.524. The molecule has 3 atom stereocenters. The van der Waals surface area contributed by atoms with Crippen molar-refractivity contribution in [3.05, 3.63) is 48.7 Å². The Balaban J connectivity index is 1.63. The van der Waals surface area contributed by atoms with Crippen LogP contribution in [-0.4, -0.2) is 14.8 Å². The molecule has 2 fully saturated rings. The summed E-state index contributed by atoms with van der Waals surface area (Å²) in [4.78, 5) is 4.52. The van der Waals surface area contributed by atoms with Crippen LogP contribution in [0, 0.1) is 17.8 Å². The molecule has 0 radical (unpaired) electrons. The van der Waals surface area contributed by atoms with Gasteiger partial charge in [0.2, 0.25) is 0 Å². The lowest BCUT2D eigenvalue weighted by molar-refractivity contribution is 0.346. The van der Waals surface area contributed by atoms with Crippen molar-refractivity contribution in [2.45, 2.75) is 12.8 Å². The van der Waals surface area contributed by atoms with E-state index in [1.807, 2.05) is 17.8 Å². The Morgan fingerprint density at radius 3 is 2.79 bits per heavy atom. The minimum absolute atomic E-state index is 0.524. The van der Waals surface area contributed by atoms with Crippen molar-refractivity contribution in [2.24, 2.45) is 24.8 Å². The van der Waals surface area contributed by atoms with Gasteiger partial charge in [-0.3, -0.25) is 4.68 Å². The van der Waals surface area contributed by atoms with E-state index in [9.17, 15) is 0 Å². The predicted molar refractivity (Wildman–Crippen MR) is 98.3 cm³/mol. The average Bonchev–Trinajstić information content (AvgIpc) is 3.01. The standard InChI is InChI=1S/C20H20N4/c1-10(11(2)14-7-13-8-15(13)14)12-4-5-18-16(6-12)19-17(20(21)23-18)9-22-24(19)3/h4-6,9,13-15H,1-2,7-8H2,3H3,(H2,21,23). The Morgan fingerprint density at radius 2 is 2.08 bits per heavy atom. The van der Waals surface area contributed by atoms with Gasteiger partial charge in [0.15, 0.2) is 0 Å². The van der Waals surface area contributed by atoms with Crippen molar-refractivity contribution < 1.29 is 0 Å². The normalized spacial score (nSPS) is 24.6. The first-order chi connectivity index (χ1) is 11.5. The van der Waals surface area contributed by atoms with E-state index in [1.165, 1.54) is 18.4 Å². The van der Waals surface area contributed by atoms with Gasteiger partial charge in [-0.15, -0.1) is 0 Å². The van der Waals surface area contributed by atoms with Crippen molar-refractivity contribution >= 4 is 33.2 Å². The molecule has 1 aromatic carbocycles. The highest BCUT2D eigenvalue weighted by Crippen LogP contribution is 2.63. The van der Waals surface area contributed by atoms with E-state index >= 15 is 0 Å². The van der Waals surface area contributed by atoms with E-state index in [0.29, 0.717) is 11.7 Å². The number of allylic oxidation sites excluding steroid dienone is 2. The molecule has 2 N–H and O–H groups in total. The average molecular weight is 316 g/mol. The molecule has 2 aliphatic rings. The van der Waals surface area contributed by atoms with E-state index in [2.05, 4.69) is 35.4 Å². The monoisotopic (exact) mass is 316 g/mol. The summed E-state index contributed by atoms with van der Waals surface area (Å²) in [7, 11) is 1.93. The van der Waals surface area contributed by atoms with Crippen LogP contribution in [0.2, 0.25) is 0 Å². The molecule has 2 saturated carbocycles. The molecule has 2 aromatic heterocycles. The minimum Gasteiger partial charge on any atom is -0.383 e. The first-order valence-corrected chi connectivity index (χ1v) is 8.44. The molecular formula is C20H20N4. The fourth-order valence-corrected chi connectivity index (χ4v) is 4.30. The summed E-state index contributed by atoms with van der Waals surface area (Å²) in [5.41, 5.74) is 11.4. The van der Waals surface area contributed by atoms with Gasteiger partial charge in [-0.1, -0.05) is 19.2 Å². The van der Waals surface area contributed by atoms with E-state index in [4.69, 9.17) is 5.73 Å². The summed E-state index contributed by atoms with van der Waals surface area (Å²) < 4.78 is 1.86. The second-order valence-corrected chi connectivity index (χ2v) is 7.27. The summed E-state index contributed by atoms with van der Waals surface area (Å²) in [5, 5.41) is 6.29. The molecular weight excluding hydrogens is 296 g/mol. The Kier molecular flexibility index (Phi) is 2.57. The van der Waals surface area contributed by atoms with Gasteiger partial charge in [-0.05, 0) is 59.4 Å². The van der Waals surface area contributed by atoms with Crippen LogP contribution in [0.15, 0.2) is 43.1 Å². The van der Waals surface area contributed by atoms with Crippen molar-refractivity contribution in [3.8, 4) is 0 Å². The van der Waals surface area contributed by atoms with Gasteiger partial charge in [0.1, 0.15) is 5.82 Å². The molecule has 2 aliphatic carbocycles. The maximum Gasteiger partial charge on any atom is 0.135 e. The Bertz CT molecular complexity index is 1040. The SMILES string of the molecule is C=C(C(=C)C1CC2CC21)c1ccc2nc(N)c3cnn(C)c3c2c1. The first-order valence-electron chi connectivity index (χ1n) is 8.44. The third kappa shape index (κ3) is 1.74.